The average Bonchev–Trinajstić information content (AvgIpc) is 2.27. The first-order valence-corrected chi connectivity index (χ1v) is 7.55. The maximum atomic E-state index is 12.5. The molecule has 6 nitrogen and oxygen atoms in total. The number of morpholine rings is 1. The zero-order chi connectivity index (χ0) is 17.0. The predicted molar refractivity (Wildman–Crippen MR) is 71.8 cm³/mol. The van der Waals surface area contributed by atoms with Crippen molar-refractivity contribution in [3.05, 3.63) is 0 Å². The second-order valence-electron chi connectivity index (χ2n) is 7.12. The molecule has 0 aromatic carbocycles. The number of carboxylic acid groups (broad SMARTS) is 1. The van der Waals surface area contributed by atoms with Gasteiger partial charge in [-0.3, -0.25) is 4.79 Å². The molecule has 130 valence electrons. The molecular formula is C14H19F3N2O4. The van der Waals surface area contributed by atoms with Gasteiger partial charge < -0.3 is 20.1 Å². The molecule has 4 aliphatic rings. The van der Waals surface area contributed by atoms with Crippen LogP contribution in [0.15, 0.2) is 0 Å². The van der Waals surface area contributed by atoms with Gasteiger partial charge in [0.15, 0.2) is 0 Å². The fraction of sp³-hybridized carbons (Fsp3) is 0.857. The van der Waals surface area contributed by atoms with E-state index < -0.39 is 47.8 Å². The standard InChI is InChI=1S/C14H19F3N2O4/c1-8-3-19(4-9(23-8)2-14(15,16)17)11(22)18-13-5-12(6-13,7-13)10(20)21/h8-9H,2-7H2,1H3,(H,18,22)(H,20,21). The number of nitrogens with zero attached hydrogens (tertiary/aromatic N) is 1. The van der Waals surface area contributed by atoms with Gasteiger partial charge in [0.1, 0.15) is 0 Å². The van der Waals surface area contributed by atoms with Gasteiger partial charge in [0.05, 0.1) is 24.0 Å². The zero-order valence-corrected chi connectivity index (χ0v) is 12.7. The molecule has 2 unspecified atom stereocenters. The molecule has 2 N–H and O–H groups in total. The van der Waals surface area contributed by atoms with Crippen LogP contribution in [-0.4, -0.2) is 59.0 Å². The second kappa shape index (κ2) is 4.99. The monoisotopic (exact) mass is 336 g/mol. The van der Waals surface area contributed by atoms with Gasteiger partial charge in [-0.15, -0.1) is 0 Å². The molecule has 2 bridgehead atoms. The lowest BCUT2D eigenvalue weighted by molar-refractivity contribution is -0.197. The molecule has 0 aromatic rings. The first-order chi connectivity index (χ1) is 10.5. The number of alkyl halides is 3. The molecule has 1 aliphatic heterocycles. The van der Waals surface area contributed by atoms with E-state index in [-0.39, 0.29) is 13.1 Å². The number of halogens is 3. The number of hydrogen-bond donors (Lipinski definition) is 2. The van der Waals surface area contributed by atoms with E-state index in [4.69, 9.17) is 9.84 Å². The van der Waals surface area contributed by atoms with Crippen molar-refractivity contribution in [2.24, 2.45) is 5.41 Å². The summed E-state index contributed by atoms with van der Waals surface area (Å²) in [6, 6.07) is -0.439. The Morgan fingerprint density at radius 2 is 1.91 bits per heavy atom. The Labute approximate surface area is 131 Å². The third-order valence-electron chi connectivity index (χ3n) is 4.93. The maximum Gasteiger partial charge on any atom is 0.391 e. The van der Waals surface area contributed by atoms with Crippen molar-refractivity contribution in [1.82, 2.24) is 10.2 Å². The van der Waals surface area contributed by atoms with Gasteiger partial charge in [-0.2, -0.15) is 13.2 Å². The van der Waals surface area contributed by atoms with Crippen molar-refractivity contribution in [2.75, 3.05) is 13.1 Å². The average molecular weight is 336 g/mol. The Morgan fingerprint density at radius 3 is 2.43 bits per heavy atom. The SMILES string of the molecule is CC1CN(C(=O)NC23CC(C(=O)O)(C2)C3)CC(CC(F)(F)F)O1. The van der Waals surface area contributed by atoms with Crippen LogP contribution in [0.1, 0.15) is 32.6 Å². The summed E-state index contributed by atoms with van der Waals surface area (Å²) >= 11 is 0. The molecule has 0 radical (unpaired) electrons. The fourth-order valence-electron chi connectivity index (χ4n) is 4.04. The number of rotatable bonds is 3. The summed E-state index contributed by atoms with van der Waals surface area (Å²) in [7, 11) is 0. The summed E-state index contributed by atoms with van der Waals surface area (Å²) in [5.74, 6) is -0.848. The van der Waals surface area contributed by atoms with Crippen LogP contribution in [0.5, 0.6) is 0 Å². The van der Waals surface area contributed by atoms with Gasteiger partial charge in [0.25, 0.3) is 0 Å². The zero-order valence-electron chi connectivity index (χ0n) is 12.7. The third kappa shape index (κ3) is 2.98. The molecule has 9 heteroatoms. The molecule has 1 heterocycles. The van der Waals surface area contributed by atoms with Gasteiger partial charge in [-0.05, 0) is 26.2 Å². The minimum absolute atomic E-state index is 0.115. The smallest absolute Gasteiger partial charge is 0.391 e. The summed E-state index contributed by atoms with van der Waals surface area (Å²) in [6.45, 7) is 1.74. The van der Waals surface area contributed by atoms with Gasteiger partial charge in [0, 0.05) is 18.6 Å². The molecule has 2 atom stereocenters. The number of carbonyl (C=O) groups excluding carboxylic acids is 1. The highest BCUT2D eigenvalue weighted by atomic mass is 19.4. The normalized spacial score (nSPS) is 39.2. The fourth-order valence-corrected chi connectivity index (χ4v) is 4.04. The van der Waals surface area contributed by atoms with Crippen LogP contribution in [0.25, 0.3) is 0 Å². The van der Waals surface area contributed by atoms with Crippen molar-refractivity contribution < 1.29 is 32.6 Å². The van der Waals surface area contributed by atoms with Gasteiger partial charge in [0.2, 0.25) is 0 Å². The molecular weight excluding hydrogens is 317 g/mol. The van der Waals surface area contributed by atoms with Crippen LogP contribution >= 0.6 is 0 Å². The molecule has 3 aliphatic carbocycles. The van der Waals surface area contributed by atoms with Crippen molar-refractivity contribution in [3.8, 4) is 0 Å². The largest absolute Gasteiger partial charge is 0.481 e. The van der Waals surface area contributed by atoms with Crippen LogP contribution in [0.4, 0.5) is 18.0 Å². The number of carboxylic acids is 1. The van der Waals surface area contributed by atoms with Crippen molar-refractivity contribution in [2.45, 2.75) is 56.5 Å². The number of aliphatic carboxylic acids is 1. The minimum Gasteiger partial charge on any atom is -0.481 e. The number of nitrogens with one attached hydrogen (secondary N) is 1. The number of ether oxygens (including phenoxy) is 1. The summed E-state index contributed by atoms with van der Waals surface area (Å²) < 4.78 is 42.8. The molecule has 23 heavy (non-hydrogen) atoms. The molecule has 0 spiro atoms. The van der Waals surface area contributed by atoms with E-state index in [2.05, 4.69) is 5.32 Å². The first kappa shape index (κ1) is 16.4. The first-order valence-electron chi connectivity index (χ1n) is 7.55. The third-order valence-corrected chi connectivity index (χ3v) is 4.93. The van der Waals surface area contributed by atoms with Crippen molar-refractivity contribution in [3.63, 3.8) is 0 Å². The van der Waals surface area contributed by atoms with Crippen LogP contribution in [0.3, 0.4) is 0 Å². The van der Waals surface area contributed by atoms with E-state index in [1.54, 1.807) is 6.92 Å². The van der Waals surface area contributed by atoms with E-state index in [1.807, 2.05) is 0 Å². The highest BCUT2D eigenvalue weighted by Gasteiger charge is 2.72. The van der Waals surface area contributed by atoms with Crippen LogP contribution in [0.2, 0.25) is 0 Å². The molecule has 3 saturated carbocycles. The van der Waals surface area contributed by atoms with E-state index in [1.165, 1.54) is 4.90 Å². The predicted octanol–water partition coefficient (Wildman–Crippen LogP) is 1.74. The van der Waals surface area contributed by atoms with Crippen LogP contribution in [0, 0.1) is 5.41 Å². The maximum absolute atomic E-state index is 12.5. The summed E-state index contributed by atoms with van der Waals surface area (Å²) in [5, 5.41) is 11.9. The number of urea groups is 1. The molecule has 4 rings (SSSR count). The van der Waals surface area contributed by atoms with Crippen molar-refractivity contribution >= 4 is 12.0 Å². The number of carbonyl (C=O) groups is 2. The molecule has 0 aromatic heterocycles. The number of hydrogen-bond acceptors (Lipinski definition) is 3. The molecule has 2 amide bonds. The Hall–Kier alpha value is -1.51. The lowest BCUT2D eigenvalue weighted by atomic mass is 9.39. The Morgan fingerprint density at radius 1 is 1.30 bits per heavy atom. The van der Waals surface area contributed by atoms with Crippen LogP contribution < -0.4 is 5.32 Å². The highest BCUT2D eigenvalue weighted by molar-refractivity contribution is 5.83. The second-order valence-corrected chi connectivity index (χ2v) is 7.12. The van der Waals surface area contributed by atoms with Gasteiger partial charge in [-0.1, -0.05) is 0 Å². The van der Waals surface area contributed by atoms with Crippen LogP contribution in [-0.2, 0) is 9.53 Å². The van der Waals surface area contributed by atoms with Crippen molar-refractivity contribution in [1.29, 1.82) is 0 Å². The molecule has 4 fully saturated rings. The summed E-state index contributed by atoms with van der Waals surface area (Å²) in [5.41, 5.74) is -1.19. The quantitative estimate of drug-likeness (QED) is 0.823. The lowest BCUT2D eigenvalue weighted by Crippen LogP contribution is -2.78. The topological polar surface area (TPSA) is 78.9 Å². The minimum atomic E-state index is -4.34. The van der Waals surface area contributed by atoms with E-state index in [0.717, 1.165) is 0 Å². The lowest BCUT2D eigenvalue weighted by Gasteiger charge is -2.68. The highest BCUT2D eigenvalue weighted by Crippen LogP contribution is 2.67. The number of amides is 2. The van der Waals surface area contributed by atoms with E-state index >= 15 is 0 Å². The Kier molecular flexibility index (Phi) is 3.55. The molecule has 1 saturated heterocycles. The van der Waals surface area contributed by atoms with E-state index in [0.29, 0.717) is 19.3 Å². The summed E-state index contributed by atoms with van der Waals surface area (Å²) in [6.07, 6.45) is -5.78. The summed E-state index contributed by atoms with van der Waals surface area (Å²) in [4.78, 5) is 24.7. The van der Waals surface area contributed by atoms with Gasteiger partial charge in [-0.25, -0.2) is 4.79 Å². The van der Waals surface area contributed by atoms with E-state index in [9.17, 15) is 22.8 Å². The Bertz CT molecular complexity index is 517. The van der Waals surface area contributed by atoms with Gasteiger partial charge >= 0.3 is 18.2 Å². The Balaban J connectivity index is 1.55.